The Morgan fingerprint density at radius 3 is 2.57 bits per heavy atom. The molecule has 144 valence electrons. The molecule has 0 unspecified atom stereocenters. The summed E-state index contributed by atoms with van der Waals surface area (Å²) in [5.41, 5.74) is 3.88. The zero-order valence-corrected chi connectivity index (χ0v) is 16.8. The first-order chi connectivity index (χ1) is 13.6. The number of hydrogen-bond donors (Lipinski definition) is 1. The summed E-state index contributed by atoms with van der Waals surface area (Å²) < 4.78 is 0. The summed E-state index contributed by atoms with van der Waals surface area (Å²) in [4.78, 5) is 19.6. The predicted molar refractivity (Wildman–Crippen MR) is 116 cm³/mol. The van der Waals surface area contributed by atoms with Crippen LogP contribution in [0.2, 0.25) is 5.02 Å². The monoisotopic (exact) mass is 393 g/mol. The highest BCUT2D eigenvalue weighted by atomic mass is 35.5. The van der Waals surface area contributed by atoms with Crippen LogP contribution in [0.25, 0.3) is 10.9 Å². The number of aryl methyl sites for hydroxylation is 1. The van der Waals surface area contributed by atoms with Crippen molar-refractivity contribution in [2.45, 2.75) is 32.6 Å². The van der Waals surface area contributed by atoms with Crippen LogP contribution in [-0.2, 0) is 11.2 Å². The third kappa shape index (κ3) is 4.28. The second-order valence-electron chi connectivity index (χ2n) is 7.43. The lowest BCUT2D eigenvalue weighted by atomic mass is 10.1. The van der Waals surface area contributed by atoms with E-state index in [1.807, 2.05) is 30.3 Å². The predicted octanol–water partition coefficient (Wildman–Crippen LogP) is 5.37. The Hall–Kier alpha value is -2.59. The molecule has 0 radical (unpaired) electrons. The average Bonchev–Trinajstić information content (AvgIpc) is 2.71. The number of hydrogen-bond acceptors (Lipinski definition) is 3. The lowest BCUT2D eigenvalue weighted by Gasteiger charge is -2.28. The molecular weight excluding hydrogens is 370 g/mol. The summed E-state index contributed by atoms with van der Waals surface area (Å²) in [6.45, 7) is 4.27. The maximum absolute atomic E-state index is 12.4. The van der Waals surface area contributed by atoms with Gasteiger partial charge in [0.1, 0.15) is 5.82 Å². The van der Waals surface area contributed by atoms with Gasteiger partial charge in [0.25, 0.3) is 0 Å². The Balaban J connectivity index is 1.51. The van der Waals surface area contributed by atoms with Crippen molar-refractivity contribution in [3.05, 3.63) is 64.7 Å². The zero-order chi connectivity index (χ0) is 19.5. The Labute approximate surface area is 170 Å². The van der Waals surface area contributed by atoms with Crippen molar-refractivity contribution < 1.29 is 4.79 Å². The summed E-state index contributed by atoms with van der Waals surface area (Å²) >= 11 is 5.90. The molecule has 2 heterocycles. The van der Waals surface area contributed by atoms with E-state index in [1.165, 1.54) is 24.8 Å². The number of carbonyl (C=O) groups excluding carboxylic acids is 1. The average molecular weight is 394 g/mol. The van der Waals surface area contributed by atoms with Crippen molar-refractivity contribution in [3.63, 3.8) is 0 Å². The molecule has 0 atom stereocenters. The summed E-state index contributed by atoms with van der Waals surface area (Å²) in [6.07, 6.45) is 4.09. The van der Waals surface area contributed by atoms with E-state index < -0.39 is 0 Å². The fourth-order valence-corrected chi connectivity index (χ4v) is 3.86. The molecule has 1 saturated heterocycles. The molecule has 0 bridgehead atoms. The highest BCUT2D eigenvalue weighted by Crippen LogP contribution is 2.27. The molecule has 1 aliphatic heterocycles. The van der Waals surface area contributed by atoms with Gasteiger partial charge in [-0.05, 0) is 73.7 Å². The number of carbonyl (C=O) groups is 1. The molecule has 1 fully saturated rings. The van der Waals surface area contributed by atoms with Crippen LogP contribution in [0.3, 0.4) is 0 Å². The van der Waals surface area contributed by atoms with Gasteiger partial charge in [0, 0.05) is 29.2 Å². The van der Waals surface area contributed by atoms with Gasteiger partial charge in [-0.2, -0.15) is 0 Å². The molecule has 4 rings (SSSR count). The van der Waals surface area contributed by atoms with Crippen LogP contribution in [0.4, 0.5) is 11.5 Å². The Kier molecular flexibility index (Phi) is 5.49. The van der Waals surface area contributed by atoms with Crippen LogP contribution in [0.15, 0.2) is 48.5 Å². The molecule has 1 aliphatic rings. The van der Waals surface area contributed by atoms with E-state index in [4.69, 9.17) is 16.6 Å². The minimum absolute atomic E-state index is 0.0442. The molecule has 0 aliphatic carbocycles. The first kappa shape index (κ1) is 18.8. The highest BCUT2D eigenvalue weighted by molar-refractivity contribution is 6.30. The molecule has 28 heavy (non-hydrogen) atoms. The molecule has 4 nitrogen and oxygen atoms in total. The maximum atomic E-state index is 12.4. The summed E-state index contributed by atoms with van der Waals surface area (Å²) in [6, 6.07) is 15.4. The first-order valence-electron chi connectivity index (χ1n) is 9.79. The van der Waals surface area contributed by atoms with E-state index in [1.54, 1.807) is 12.1 Å². The minimum Gasteiger partial charge on any atom is -0.357 e. The van der Waals surface area contributed by atoms with Crippen molar-refractivity contribution in [3.8, 4) is 0 Å². The highest BCUT2D eigenvalue weighted by Gasteiger charge is 2.14. The largest absolute Gasteiger partial charge is 0.357 e. The number of amides is 1. The standard InChI is InChI=1S/C23H24ClN3O/c1-16-13-22(27-11-3-2-4-12-27)26-21-10-9-19(15-20(16)21)25-23(28)14-17-5-7-18(24)8-6-17/h5-10,13,15H,2-4,11-12,14H2,1H3,(H,25,28). The normalized spacial score (nSPS) is 14.3. The van der Waals surface area contributed by atoms with Crippen molar-refractivity contribution in [2.75, 3.05) is 23.3 Å². The zero-order valence-electron chi connectivity index (χ0n) is 16.0. The van der Waals surface area contributed by atoms with Gasteiger partial charge in [-0.1, -0.05) is 23.7 Å². The topological polar surface area (TPSA) is 45.2 Å². The second kappa shape index (κ2) is 8.19. The number of piperidine rings is 1. The molecule has 1 N–H and O–H groups in total. The van der Waals surface area contributed by atoms with E-state index in [9.17, 15) is 4.79 Å². The van der Waals surface area contributed by atoms with Crippen molar-refractivity contribution >= 4 is 39.9 Å². The molecule has 3 aromatic rings. The Morgan fingerprint density at radius 2 is 1.82 bits per heavy atom. The molecule has 2 aromatic carbocycles. The Bertz CT molecular complexity index is 995. The van der Waals surface area contributed by atoms with Gasteiger partial charge in [0.15, 0.2) is 0 Å². The third-order valence-electron chi connectivity index (χ3n) is 5.24. The third-order valence-corrected chi connectivity index (χ3v) is 5.50. The van der Waals surface area contributed by atoms with E-state index >= 15 is 0 Å². The number of benzene rings is 2. The summed E-state index contributed by atoms with van der Waals surface area (Å²) in [5, 5.41) is 4.74. The van der Waals surface area contributed by atoms with Crippen LogP contribution in [0.5, 0.6) is 0 Å². The number of aromatic nitrogens is 1. The number of nitrogens with one attached hydrogen (secondary N) is 1. The van der Waals surface area contributed by atoms with Crippen LogP contribution in [0, 0.1) is 6.92 Å². The van der Waals surface area contributed by atoms with Gasteiger partial charge < -0.3 is 10.2 Å². The SMILES string of the molecule is Cc1cc(N2CCCCC2)nc2ccc(NC(=O)Cc3ccc(Cl)cc3)cc12. The van der Waals surface area contributed by atoms with Gasteiger partial charge in [-0.3, -0.25) is 4.79 Å². The van der Waals surface area contributed by atoms with Crippen molar-refractivity contribution in [1.82, 2.24) is 4.98 Å². The lowest BCUT2D eigenvalue weighted by molar-refractivity contribution is -0.115. The fourth-order valence-electron chi connectivity index (χ4n) is 3.73. The molecular formula is C23H24ClN3O. The lowest BCUT2D eigenvalue weighted by Crippen LogP contribution is -2.30. The van der Waals surface area contributed by atoms with Crippen LogP contribution < -0.4 is 10.2 Å². The smallest absolute Gasteiger partial charge is 0.228 e. The van der Waals surface area contributed by atoms with Crippen molar-refractivity contribution in [1.29, 1.82) is 0 Å². The van der Waals surface area contributed by atoms with Crippen LogP contribution >= 0.6 is 11.6 Å². The fraction of sp³-hybridized carbons (Fsp3) is 0.304. The van der Waals surface area contributed by atoms with E-state index in [-0.39, 0.29) is 5.91 Å². The quantitative estimate of drug-likeness (QED) is 0.648. The maximum Gasteiger partial charge on any atom is 0.228 e. The molecule has 5 heteroatoms. The van der Waals surface area contributed by atoms with Gasteiger partial charge in [-0.25, -0.2) is 4.98 Å². The number of fused-ring (bicyclic) bond motifs is 1. The Morgan fingerprint density at radius 1 is 1.07 bits per heavy atom. The van der Waals surface area contributed by atoms with Gasteiger partial charge in [-0.15, -0.1) is 0 Å². The molecule has 0 saturated carbocycles. The molecule has 1 aromatic heterocycles. The van der Waals surface area contributed by atoms with Gasteiger partial charge in [0.2, 0.25) is 5.91 Å². The molecule has 0 spiro atoms. The second-order valence-corrected chi connectivity index (χ2v) is 7.86. The summed E-state index contributed by atoms with van der Waals surface area (Å²) in [5.74, 6) is 1.02. The van der Waals surface area contributed by atoms with Gasteiger partial charge >= 0.3 is 0 Å². The number of rotatable bonds is 4. The summed E-state index contributed by atoms with van der Waals surface area (Å²) in [7, 11) is 0. The van der Waals surface area contributed by atoms with Crippen LogP contribution in [-0.4, -0.2) is 24.0 Å². The number of halogens is 1. The van der Waals surface area contributed by atoms with E-state index in [2.05, 4.69) is 23.2 Å². The van der Waals surface area contributed by atoms with Gasteiger partial charge in [0.05, 0.1) is 11.9 Å². The van der Waals surface area contributed by atoms with Crippen LogP contribution in [0.1, 0.15) is 30.4 Å². The van der Waals surface area contributed by atoms with E-state index in [0.29, 0.717) is 11.4 Å². The minimum atomic E-state index is -0.0442. The molecule has 1 amide bonds. The number of anilines is 2. The first-order valence-corrected chi connectivity index (χ1v) is 10.2. The van der Waals surface area contributed by atoms with Crippen molar-refractivity contribution in [2.24, 2.45) is 0 Å². The van der Waals surface area contributed by atoms with E-state index in [0.717, 1.165) is 41.1 Å². The number of nitrogens with zero attached hydrogens (tertiary/aromatic N) is 2. The number of pyridine rings is 1.